The van der Waals surface area contributed by atoms with Crippen molar-refractivity contribution in [3.05, 3.63) is 88.6 Å². The molecule has 3 unspecified atom stereocenters. The SMILES string of the molecule is CCC(C)n1ncn(-c2ccc(N3CCN(c4ccc(OC[C@H]5CO[C@](CC(C)(C)C)(C6C=CC(Cl)=CC6Cl)O5)cc4)CC3)cc2)c1=O. The predicted molar refractivity (Wildman–Crippen MR) is 193 cm³/mol. The number of benzene rings is 2. The van der Waals surface area contributed by atoms with Gasteiger partial charge in [-0.1, -0.05) is 45.4 Å². The van der Waals surface area contributed by atoms with Crippen LogP contribution < -0.4 is 20.2 Å². The Morgan fingerprint density at radius 2 is 1.60 bits per heavy atom. The fourth-order valence-corrected chi connectivity index (χ4v) is 7.44. The fourth-order valence-electron chi connectivity index (χ4n) is 6.75. The molecule has 0 spiro atoms. The Bertz CT molecular complexity index is 1650. The van der Waals surface area contributed by atoms with E-state index in [0.29, 0.717) is 24.7 Å². The number of ether oxygens (including phenoxy) is 3. The first kappa shape index (κ1) is 34.6. The molecule has 2 aromatic carbocycles. The quantitative estimate of drug-likeness (QED) is 0.208. The molecule has 258 valence electrons. The third-order valence-electron chi connectivity index (χ3n) is 9.40. The van der Waals surface area contributed by atoms with Crippen LogP contribution in [0.4, 0.5) is 11.4 Å². The number of aromatic nitrogens is 3. The standard InChI is InChI=1S/C37H47Cl2N5O4/c1-6-26(2)44-35(45)43(25-40-44)30-10-8-28(9-11-30)41-17-19-42(20-18-41)29-12-14-31(15-13-29)46-22-32-23-47-37(48-32,24-36(3,4)5)33-16-7-27(38)21-34(33)39/h7-16,21,25-26,32-34H,6,17-20,22-24H2,1-5H3/t26?,32-,33?,34?,37-/m0/s1. The molecule has 2 aliphatic heterocycles. The molecular formula is C37H47Cl2N5O4. The lowest BCUT2D eigenvalue weighted by atomic mass is 9.79. The van der Waals surface area contributed by atoms with Gasteiger partial charge in [0.25, 0.3) is 0 Å². The Morgan fingerprint density at radius 3 is 2.19 bits per heavy atom. The smallest absolute Gasteiger partial charge is 0.350 e. The van der Waals surface area contributed by atoms with Crippen molar-refractivity contribution >= 4 is 34.6 Å². The van der Waals surface area contributed by atoms with Crippen molar-refractivity contribution in [2.24, 2.45) is 11.3 Å². The average molecular weight is 697 g/mol. The van der Waals surface area contributed by atoms with Gasteiger partial charge in [0, 0.05) is 49.0 Å². The molecule has 0 saturated carbocycles. The van der Waals surface area contributed by atoms with E-state index < -0.39 is 5.79 Å². The molecule has 48 heavy (non-hydrogen) atoms. The van der Waals surface area contributed by atoms with Gasteiger partial charge in [-0.2, -0.15) is 5.10 Å². The van der Waals surface area contributed by atoms with Crippen LogP contribution in [0.2, 0.25) is 0 Å². The zero-order valence-corrected chi connectivity index (χ0v) is 30.0. The number of hydrogen-bond acceptors (Lipinski definition) is 7. The number of rotatable bonds is 10. The third kappa shape index (κ3) is 7.65. The van der Waals surface area contributed by atoms with Gasteiger partial charge in [0.15, 0.2) is 5.79 Å². The molecule has 1 aliphatic carbocycles. The van der Waals surface area contributed by atoms with E-state index in [1.165, 1.54) is 5.69 Å². The Balaban J connectivity index is 1.00. The van der Waals surface area contributed by atoms with Crippen LogP contribution in [0, 0.1) is 11.3 Å². The number of piperazine rings is 1. The number of nitrogens with zero attached hydrogens (tertiary/aromatic N) is 5. The molecule has 2 fully saturated rings. The van der Waals surface area contributed by atoms with Gasteiger partial charge in [0.2, 0.25) is 0 Å². The maximum atomic E-state index is 12.8. The molecule has 3 aliphatic rings. The Labute approximate surface area is 293 Å². The van der Waals surface area contributed by atoms with Crippen molar-refractivity contribution < 1.29 is 14.2 Å². The molecule has 3 heterocycles. The lowest BCUT2D eigenvalue weighted by Gasteiger charge is -2.41. The van der Waals surface area contributed by atoms with Crippen LogP contribution in [-0.2, 0) is 9.47 Å². The van der Waals surface area contributed by atoms with E-state index >= 15 is 0 Å². The molecule has 9 nitrogen and oxygen atoms in total. The summed E-state index contributed by atoms with van der Waals surface area (Å²) >= 11 is 12.9. The molecule has 11 heteroatoms. The normalized spacial score (nSPS) is 25.3. The van der Waals surface area contributed by atoms with E-state index in [-0.39, 0.29) is 34.5 Å². The molecule has 0 amide bonds. The maximum absolute atomic E-state index is 12.8. The van der Waals surface area contributed by atoms with E-state index in [9.17, 15) is 4.79 Å². The highest BCUT2D eigenvalue weighted by Gasteiger charge is 2.51. The highest BCUT2D eigenvalue weighted by Crippen LogP contribution is 2.45. The van der Waals surface area contributed by atoms with Gasteiger partial charge in [0.05, 0.1) is 29.6 Å². The molecule has 0 bridgehead atoms. The highest BCUT2D eigenvalue weighted by atomic mass is 35.5. The second-order valence-electron chi connectivity index (χ2n) is 14.3. The van der Waals surface area contributed by atoms with Crippen molar-refractivity contribution in [3.8, 4) is 11.4 Å². The largest absolute Gasteiger partial charge is 0.491 e. The summed E-state index contributed by atoms with van der Waals surface area (Å²) < 4.78 is 22.4. The summed E-state index contributed by atoms with van der Waals surface area (Å²) in [7, 11) is 0. The van der Waals surface area contributed by atoms with E-state index in [0.717, 1.165) is 49.7 Å². The number of halogens is 2. The molecule has 0 radical (unpaired) electrons. The minimum atomic E-state index is -0.839. The maximum Gasteiger partial charge on any atom is 0.350 e. The van der Waals surface area contributed by atoms with Gasteiger partial charge < -0.3 is 24.0 Å². The molecule has 6 rings (SSSR count). The second kappa shape index (κ2) is 14.3. The number of allylic oxidation sites excluding steroid dienone is 3. The van der Waals surface area contributed by atoms with Gasteiger partial charge >= 0.3 is 5.69 Å². The summed E-state index contributed by atoms with van der Waals surface area (Å²) in [4.78, 5) is 17.6. The Morgan fingerprint density at radius 1 is 1.00 bits per heavy atom. The predicted octanol–water partition coefficient (Wildman–Crippen LogP) is 7.17. The summed E-state index contributed by atoms with van der Waals surface area (Å²) in [5.74, 6) is -0.194. The molecular weight excluding hydrogens is 649 g/mol. The highest BCUT2D eigenvalue weighted by molar-refractivity contribution is 6.32. The summed E-state index contributed by atoms with van der Waals surface area (Å²) in [5, 5.41) is 4.62. The van der Waals surface area contributed by atoms with Crippen LogP contribution in [0.1, 0.15) is 53.5 Å². The molecule has 0 N–H and O–H groups in total. The minimum Gasteiger partial charge on any atom is -0.491 e. The Hall–Kier alpha value is -3.24. The first-order chi connectivity index (χ1) is 22.9. The molecule has 2 saturated heterocycles. The van der Waals surface area contributed by atoms with Gasteiger partial charge in [0.1, 0.15) is 24.8 Å². The Kier molecular flexibility index (Phi) is 10.3. The topological polar surface area (TPSA) is 74.0 Å². The van der Waals surface area contributed by atoms with E-state index in [4.69, 9.17) is 37.4 Å². The van der Waals surface area contributed by atoms with Gasteiger partial charge in [-0.3, -0.25) is 0 Å². The minimum absolute atomic E-state index is 0.0301. The summed E-state index contributed by atoms with van der Waals surface area (Å²) in [6.07, 6.45) is 8.68. The lowest BCUT2D eigenvalue weighted by Crippen LogP contribution is -2.46. The third-order valence-corrected chi connectivity index (χ3v) is 10.1. The van der Waals surface area contributed by atoms with Crippen LogP contribution in [0.3, 0.4) is 0 Å². The van der Waals surface area contributed by atoms with E-state index in [1.54, 1.807) is 15.6 Å². The monoisotopic (exact) mass is 695 g/mol. The van der Waals surface area contributed by atoms with Crippen LogP contribution in [0.25, 0.3) is 5.69 Å². The summed E-state index contributed by atoms with van der Waals surface area (Å²) in [5.41, 5.74) is 3.00. The summed E-state index contributed by atoms with van der Waals surface area (Å²) in [6.45, 7) is 15.0. The van der Waals surface area contributed by atoms with Crippen molar-refractivity contribution in [1.82, 2.24) is 14.3 Å². The first-order valence-electron chi connectivity index (χ1n) is 17.0. The van der Waals surface area contributed by atoms with Gasteiger partial charge in [-0.25, -0.2) is 14.0 Å². The molecule has 1 aromatic heterocycles. The van der Waals surface area contributed by atoms with Crippen LogP contribution in [0.15, 0.2) is 82.9 Å². The number of anilines is 2. The average Bonchev–Trinajstić information content (AvgIpc) is 3.66. The van der Waals surface area contributed by atoms with Crippen molar-refractivity contribution in [1.29, 1.82) is 0 Å². The van der Waals surface area contributed by atoms with Crippen molar-refractivity contribution in [3.63, 3.8) is 0 Å². The molecule has 3 aromatic rings. The number of alkyl halides is 1. The zero-order chi connectivity index (χ0) is 34.1. The first-order valence-corrected chi connectivity index (χ1v) is 17.8. The van der Waals surface area contributed by atoms with Gasteiger partial charge in [-0.15, -0.1) is 11.6 Å². The van der Waals surface area contributed by atoms with Crippen LogP contribution in [-0.4, -0.2) is 71.0 Å². The second-order valence-corrected chi connectivity index (χ2v) is 15.2. The van der Waals surface area contributed by atoms with Crippen molar-refractivity contribution in [2.75, 3.05) is 49.2 Å². The van der Waals surface area contributed by atoms with E-state index in [1.807, 2.05) is 49.4 Å². The fraction of sp³-hybridized carbons (Fsp3) is 0.514. The lowest BCUT2D eigenvalue weighted by molar-refractivity contribution is -0.212. The zero-order valence-electron chi connectivity index (χ0n) is 28.5. The van der Waals surface area contributed by atoms with Crippen LogP contribution >= 0.6 is 23.2 Å². The summed E-state index contributed by atoms with van der Waals surface area (Å²) in [6, 6.07) is 16.5. The molecule has 5 atom stereocenters. The number of hydrogen-bond donors (Lipinski definition) is 0. The van der Waals surface area contributed by atoms with Gasteiger partial charge in [-0.05, 0) is 79.4 Å². The van der Waals surface area contributed by atoms with Crippen molar-refractivity contribution in [2.45, 2.75) is 70.8 Å². The van der Waals surface area contributed by atoms with Crippen LogP contribution in [0.5, 0.6) is 5.75 Å². The van der Waals surface area contributed by atoms with E-state index in [2.05, 4.69) is 66.9 Å².